The van der Waals surface area contributed by atoms with E-state index in [0.717, 1.165) is 19.5 Å². The molecule has 0 aliphatic carbocycles. The van der Waals surface area contributed by atoms with Crippen molar-refractivity contribution >= 4 is 11.8 Å². The van der Waals surface area contributed by atoms with Crippen molar-refractivity contribution in [2.45, 2.75) is 31.3 Å². The molecule has 0 spiro atoms. The maximum Gasteiger partial charge on any atom is 0.241 e. The van der Waals surface area contributed by atoms with E-state index in [9.17, 15) is 9.59 Å². The van der Waals surface area contributed by atoms with Crippen LogP contribution in [0.15, 0.2) is 0 Å². The summed E-state index contributed by atoms with van der Waals surface area (Å²) >= 11 is 0. The van der Waals surface area contributed by atoms with Crippen molar-refractivity contribution in [3.8, 4) is 0 Å². The third kappa shape index (κ3) is 2.67. The minimum Gasteiger partial charge on any atom is -0.353 e. The van der Waals surface area contributed by atoms with Crippen molar-refractivity contribution in [3.05, 3.63) is 0 Å². The fourth-order valence-electron chi connectivity index (χ4n) is 3.81. The number of nitrogens with zero attached hydrogens (tertiary/aromatic N) is 2. The molecule has 2 amide bonds. The summed E-state index contributed by atoms with van der Waals surface area (Å²) in [4.78, 5) is 28.1. The van der Waals surface area contributed by atoms with E-state index < -0.39 is 0 Å². The molecule has 112 valence electrons. The molecule has 20 heavy (non-hydrogen) atoms. The number of likely N-dealkylation sites (tertiary alicyclic amines) is 2. The van der Waals surface area contributed by atoms with Gasteiger partial charge in [0, 0.05) is 25.7 Å². The van der Waals surface area contributed by atoms with Gasteiger partial charge in [0.15, 0.2) is 0 Å². The van der Waals surface area contributed by atoms with Crippen molar-refractivity contribution in [3.63, 3.8) is 0 Å². The van der Waals surface area contributed by atoms with Gasteiger partial charge in [-0.15, -0.1) is 0 Å². The monoisotopic (exact) mass is 280 g/mol. The topological polar surface area (TPSA) is 64.7 Å². The first-order chi connectivity index (χ1) is 9.65. The zero-order valence-electron chi connectivity index (χ0n) is 12.1. The van der Waals surface area contributed by atoms with Gasteiger partial charge in [0.1, 0.15) is 6.04 Å². The van der Waals surface area contributed by atoms with Crippen LogP contribution in [0.3, 0.4) is 0 Å². The minimum absolute atomic E-state index is 0.0262. The summed E-state index contributed by atoms with van der Waals surface area (Å²) in [6, 6.07) is 0.400. The fraction of sp³-hybridized carbons (Fsp3) is 0.857. The molecule has 6 heteroatoms. The molecule has 0 aromatic carbocycles. The molecule has 3 unspecified atom stereocenters. The predicted molar refractivity (Wildman–Crippen MR) is 75.1 cm³/mol. The van der Waals surface area contributed by atoms with E-state index in [4.69, 9.17) is 0 Å². The van der Waals surface area contributed by atoms with Crippen LogP contribution in [-0.2, 0) is 9.59 Å². The molecule has 0 saturated carbocycles. The van der Waals surface area contributed by atoms with Gasteiger partial charge in [-0.1, -0.05) is 0 Å². The second-order valence-corrected chi connectivity index (χ2v) is 6.26. The lowest BCUT2D eigenvalue weighted by Crippen LogP contribution is -2.61. The zero-order valence-corrected chi connectivity index (χ0v) is 12.1. The number of rotatable bonds is 1. The summed E-state index contributed by atoms with van der Waals surface area (Å²) in [6.45, 7) is 3.57. The molecule has 0 aromatic rings. The van der Waals surface area contributed by atoms with Crippen molar-refractivity contribution in [1.29, 1.82) is 0 Å². The maximum absolute atomic E-state index is 12.5. The van der Waals surface area contributed by atoms with Crippen LogP contribution in [-0.4, -0.2) is 73.5 Å². The van der Waals surface area contributed by atoms with Gasteiger partial charge in [0.2, 0.25) is 11.8 Å². The van der Waals surface area contributed by atoms with E-state index in [1.54, 1.807) is 0 Å². The number of piperidine rings is 2. The highest BCUT2D eigenvalue weighted by Crippen LogP contribution is 2.29. The van der Waals surface area contributed by atoms with Gasteiger partial charge < -0.3 is 15.1 Å². The van der Waals surface area contributed by atoms with Gasteiger partial charge in [-0.2, -0.15) is 0 Å². The van der Waals surface area contributed by atoms with Gasteiger partial charge in [-0.05, 0) is 38.8 Å². The van der Waals surface area contributed by atoms with Crippen LogP contribution in [0.4, 0.5) is 0 Å². The van der Waals surface area contributed by atoms with Crippen LogP contribution < -0.4 is 10.6 Å². The molecule has 3 fully saturated rings. The number of hydrogen-bond acceptors (Lipinski definition) is 4. The van der Waals surface area contributed by atoms with E-state index in [-0.39, 0.29) is 24.4 Å². The molecule has 0 bridgehead atoms. The molecular weight excluding hydrogens is 256 g/mol. The number of piperazine rings is 1. The third-order valence-electron chi connectivity index (χ3n) is 4.97. The standard InChI is InChI=1S/C14H24N4O2/c1-17-5-2-3-10-9-18(6-4-12(10)17)14(20)11-7-16-13(19)8-15-11/h10-12,15H,2-9H2,1H3,(H,16,19). The first kappa shape index (κ1) is 13.8. The molecular formula is C14H24N4O2. The predicted octanol–water partition coefficient (Wildman–Crippen LogP) is -0.983. The second kappa shape index (κ2) is 5.69. The summed E-state index contributed by atoms with van der Waals surface area (Å²) in [6.07, 6.45) is 3.54. The molecule has 3 saturated heterocycles. The lowest BCUT2D eigenvalue weighted by atomic mass is 9.84. The Morgan fingerprint density at radius 2 is 2.15 bits per heavy atom. The first-order valence-electron chi connectivity index (χ1n) is 7.64. The molecule has 3 atom stereocenters. The first-order valence-corrected chi connectivity index (χ1v) is 7.64. The van der Waals surface area contributed by atoms with Gasteiger partial charge in [0.25, 0.3) is 0 Å². The largest absolute Gasteiger partial charge is 0.353 e. The van der Waals surface area contributed by atoms with Gasteiger partial charge in [-0.25, -0.2) is 0 Å². The van der Waals surface area contributed by atoms with E-state index >= 15 is 0 Å². The summed E-state index contributed by atoms with van der Waals surface area (Å²) in [5.74, 6) is 0.739. The van der Waals surface area contributed by atoms with Crippen molar-refractivity contribution in [1.82, 2.24) is 20.4 Å². The van der Waals surface area contributed by atoms with Gasteiger partial charge in [-0.3, -0.25) is 14.9 Å². The van der Waals surface area contributed by atoms with Crippen LogP contribution in [0, 0.1) is 5.92 Å². The van der Waals surface area contributed by atoms with Crippen LogP contribution >= 0.6 is 0 Å². The SMILES string of the molecule is CN1CCCC2CN(C(=O)C3CNC(=O)CN3)CCC21. The van der Waals surface area contributed by atoms with Crippen LogP contribution in [0.2, 0.25) is 0 Å². The maximum atomic E-state index is 12.5. The van der Waals surface area contributed by atoms with Crippen molar-refractivity contribution in [2.75, 3.05) is 39.8 Å². The quantitative estimate of drug-likeness (QED) is 0.648. The summed E-state index contributed by atoms with van der Waals surface area (Å²) in [5.41, 5.74) is 0. The number of fused-ring (bicyclic) bond motifs is 1. The van der Waals surface area contributed by atoms with Gasteiger partial charge in [0.05, 0.1) is 6.54 Å². The molecule has 3 heterocycles. The summed E-state index contributed by atoms with van der Waals surface area (Å²) in [7, 11) is 2.20. The Hall–Kier alpha value is -1.14. The molecule has 0 aromatic heterocycles. The highest BCUT2D eigenvalue weighted by molar-refractivity contribution is 5.86. The normalized spacial score (nSPS) is 35.4. The molecule has 0 radical (unpaired) electrons. The number of carbonyl (C=O) groups is 2. The smallest absolute Gasteiger partial charge is 0.241 e. The number of hydrogen-bond donors (Lipinski definition) is 2. The highest BCUT2D eigenvalue weighted by atomic mass is 16.2. The molecule has 2 N–H and O–H groups in total. The van der Waals surface area contributed by atoms with E-state index in [0.29, 0.717) is 18.5 Å². The zero-order chi connectivity index (χ0) is 14.1. The lowest BCUT2D eigenvalue weighted by Gasteiger charge is -2.46. The number of amides is 2. The van der Waals surface area contributed by atoms with E-state index in [1.807, 2.05) is 4.90 Å². The Labute approximate surface area is 119 Å². The average Bonchev–Trinajstić information content (AvgIpc) is 2.47. The summed E-state index contributed by atoms with van der Waals surface area (Å²) < 4.78 is 0. The van der Waals surface area contributed by atoms with Crippen LogP contribution in [0.25, 0.3) is 0 Å². The van der Waals surface area contributed by atoms with Crippen molar-refractivity contribution in [2.24, 2.45) is 5.92 Å². The molecule has 3 aliphatic rings. The van der Waals surface area contributed by atoms with Crippen molar-refractivity contribution < 1.29 is 9.59 Å². The van der Waals surface area contributed by atoms with E-state index in [2.05, 4.69) is 22.6 Å². The average molecular weight is 280 g/mol. The van der Waals surface area contributed by atoms with E-state index in [1.165, 1.54) is 19.4 Å². The molecule has 3 rings (SSSR count). The molecule has 6 nitrogen and oxygen atoms in total. The highest BCUT2D eigenvalue weighted by Gasteiger charge is 2.37. The Balaban J connectivity index is 1.58. The fourth-order valence-corrected chi connectivity index (χ4v) is 3.81. The Kier molecular flexibility index (Phi) is 3.94. The Morgan fingerprint density at radius 3 is 2.90 bits per heavy atom. The Morgan fingerprint density at radius 1 is 1.30 bits per heavy atom. The number of carbonyl (C=O) groups excluding carboxylic acids is 2. The van der Waals surface area contributed by atoms with Crippen LogP contribution in [0.5, 0.6) is 0 Å². The summed E-state index contributed by atoms with van der Waals surface area (Å²) in [5, 5.41) is 5.79. The van der Waals surface area contributed by atoms with Crippen LogP contribution in [0.1, 0.15) is 19.3 Å². The minimum atomic E-state index is -0.245. The third-order valence-corrected chi connectivity index (χ3v) is 4.97. The number of nitrogens with one attached hydrogen (secondary N) is 2. The van der Waals surface area contributed by atoms with Gasteiger partial charge >= 0.3 is 0 Å². The lowest BCUT2D eigenvalue weighted by molar-refractivity contribution is -0.138. The second-order valence-electron chi connectivity index (χ2n) is 6.26. The molecule has 3 aliphatic heterocycles. The Bertz CT molecular complexity index is 391.